The van der Waals surface area contributed by atoms with E-state index in [0.717, 1.165) is 0 Å². The summed E-state index contributed by atoms with van der Waals surface area (Å²) in [6.45, 7) is 0. The number of anilines is 1. The van der Waals surface area contributed by atoms with Crippen molar-refractivity contribution in [3.05, 3.63) is 89.4 Å². The Hall–Kier alpha value is -2.87. The lowest BCUT2D eigenvalue weighted by Gasteiger charge is -2.28. The highest BCUT2D eigenvalue weighted by Gasteiger charge is 2.31. The van der Waals surface area contributed by atoms with E-state index in [2.05, 4.69) is 5.32 Å². The van der Waals surface area contributed by atoms with Crippen molar-refractivity contribution in [1.82, 2.24) is 4.31 Å². The van der Waals surface area contributed by atoms with Gasteiger partial charge < -0.3 is 10.1 Å². The minimum atomic E-state index is -3.83. The third-order valence-corrected chi connectivity index (χ3v) is 6.96. The molecule has 8 heteroatoms. The maximum atomic E-state index is 13.2. The predicted octanol–water partition coefficient (Wildman–Crippen LogP) is 4.74. The molecule has 0 aliphatic rings. The summed E-state index contributed by atoms with van der Waals surface area (Å²) in [6.07, 6.45) is -0.0819. The van der Waals surface area contributed by atoms with E-state index in [1.54, 1.807) is 73.8 Å². The van der Waals surface area contributed by atoms with Crippen molar-refractivity contribution in [2.45, 2.75) is 17.4 Å². The first-order chi connectivity index (χ1) is 14.8. The second-order valence-corrected chi connectivity index (χ2v) is 9.32. The largest absolute Gasteiger partial charge is 0.497 e. The molecule has 0 bridgehead atoms. The molecule has 1 amide bonds. The topological polar surface area (TPSA) is 75.7 Å². The van der Waals surface area contributed by atoms with Crippen molar-refractivity contribution < 1.29 is 17.9 Å². The standard InChI is InChI=1S/C23H23ClN2O4S/c1-26(31(28,29)21-9-4-3-5-10-21)22(17-11-13-20(30-2)14-12-17)16-23(27)25-19-8-6-7-18(24)15-19/h3-15,22H,16H2,1-2H3,(H,25,27)/t22-/m0/s1. The van der Waals surface area contributed by atoms with E-state index >= 15 is 0 Å². The van der Waals surface area contributed by atoms with Gasteiger partial charge in [-0.1, -0.05) is 48.0 Å². The van der Waals surface area contributed by atoms with Gasteiger partial charge in [0.1, 0.15) is 5.75 Å². The molecule has 0 heterocycles. The second kappa shape index (κ2) is 9.96. The first kappa shape index (κ1) is 22.8. The highest BCUT2D eigenvalue weighted by molar-refractivity contribution is 7.89. The number of nitrogens with one attached hydrogen (secondary N) is 1. The maximum Gasteiger partial charge on any atom is 0.243 e. The minimum absolute atomic E-state index is 0.0819. The first-order valence-corrected chi connectivity index (χ1v) is 11.4. The highest BCUT2D eigenvalue weighted by atomic mass is 35.5. The van der Waals surface area contributed by atoms with Gasteiger partial charge >= 0.3 is 0 Å². The average molecular weight is 459 g/mol. The second-order valence-electron chi connectivity index (χ2n) is 6.89. The van der Waals surface area contributed by atoms with E-state index in [1.807, 2.05) is 0 Å². The summed E-state index contributed by atoms with van der Waals surface area (Å²) in [5, 5.41) is 3.28. The minimum Gasteiger partial charge on any atom is -0.497 e. The Morgan fingerprint density at radius 1 is 1.03 bits per heavy atom. The van der Waals surface area contributed by atoms with Gasteiger partial charge in [0, 0.05) is 24.2 Å². The molecule has 3 rings (SSSR count). The predicted molar refractivity (Wildman–Crippen MR) is 122 cm³/mol. The summed E-state index contributed by atoms with van der Waals surface area (Å²) < 4.78 is 32.8. The third kappa shape index (κ3) is 5.64. The van der Waals surface area contributed by atoms with Gasteiger partial charge in [0.2, 0.25) is 15.9 Å². The molecular weight excluding hydrogens is 436 g/mol. The van der Waals surface area contributed by atoms with Crippen LogP contribution in [0.5, 0.6) is 5.75 Å². The lowest BCUT2D eigenvalue weighted by Crippen LogP contribution is -2.33. The number of benzene rings is 3. The Labute approximate surface area is 187 Å². The van der Waals surface area contributed by atoms with E-state index in [0.29, 0.717) is 22.0 Å². The van der Waals surface area contributed by atoms with Gasteiger partial charge in [-0.3, -0.25) is 4.79 Å². The summed E-state index contributed by atoms with van der Waals surface area (Å²) in [5.74, 6) is 0.303. The van der Waals surface area contributed by atoms with Gasteiger partial charge in [-0.15, -0.1) is 0 Å². The zero-order valence-electron chi connectivity index (χ0n) is 17.2. The Kier molecular flexibility index (Phi) is 7.33. The van der Waals surface area contributed by atoms with E-state index in [9.17, 15) is 13.2 Å². The smallest absolute Gasteiger partial charge is 0.243 e. The summed E-state index contributed by atoms with van der Waals surface area (Å²) >= 11 is 5.99. The number of hydrogen-bond donors (Lipinski definition) is 1. The molecule has 0 radical (unpaired) electrons. The number of carbonyl (C=O) groups excluding carboxylic acids is 1. The SMILES string of the molecule is COc1ccc([C@H](CC(=O)Nc2cccc(Cl)c2)N(C)S(=O)(=O)c2ccccc2)cc1. The van der Waals surface area contributed by atoms with E-state index < -0.39 is 16.1 Å². The van der Waals surface area contributed by atoms with Crippen LogP contribution in [0.2, 0.25) is 5.02 Å². The average Bonchev–Trinajstić information content (AvgIpc) is 2.77. The number of ether oxygens (including phenoxy) is 1. The molecule has 6 nitrogen and oxygen atoms in total. The van der Waals surface area contributed by atoms with Crippen LogP contribution in [-0.4, -0.2) is 32.8 Å². The van der Waals surface area contributed by atoms with E-state index in [1.165, 1.54) is 23.5 Å². The molecule has 0 aliphatic heterocycles. The molecule has 0 aromatic heterocycles. The first-order valence-electron chi connectivity index (χ1n) is 9.53. The zero-order valence-corrected chi connectivity index (χ0v) is 18.7. The molecule has 1 atom stereocenters. The van der Waals surface area contributed by atoms with Crippen molar-refractivity contribution in [3.8, 4) is 5.75 Å². The number of sulfonamides is 1. The van der Waals surface area contributed by atoms with Crippen molar-refractivity contribution in [2.75, 3.05) is 19.5 Å². The molecule has 0 spiro atoms. The lowest BCUT2D eigenvalue weighted by molar-refractivity contribution is -0.117. The Morgan fingerprint density at radius 3 is 2.32 bits per heavy atom. The van der Waals surface area contributed by atoms with Crippen molar-refractivity contribution in [1.29, 1.82) is 0 Å². The third-order valence-electron chi connectivity index (χ3n) is 4.85. The molecule has 0 aliphatic carbocycles. The number of amides is 1. The number of halogens is 1. The van der Waals surface area contributed by atoms with Crippen LogP contribution in [0.25, 0.3) is 0 Å². The highest BCUT2D eigenvalue weighted by Crippen LogP contribution is 2.30. The summed E-state index contributed by atoms with van der Waals surface area (Å²) in [6, 6.07) is 21.2. The van der Waals surface area contributed by atoms with Crippen LogP contribution < -0.4 is 10.1 Å². The number of nitrogens with zero attached hydrogens (tertiary/aromatic N) is 1. The molecule has 0 fully saturated rings. The Bertz CT molecular complexity index is 1140. The fraction of sp³-hybridized carbons (Fsp3) is 0.174. The number of rotatable bonds is 8. The maximum absolute atomic E-state index is 13.2. The molecule has 0 saturated carbocycles. The fourth-order valence-corrected chi connectivity index (χ4v) is 4.72. The van der Waals surface area contributed by atoms with Crippen LogP contribution in [-0.2, 0) is 14.8 Å². The Balaban J connectivity index is 1.91. The Morgan fingerprint density at radius 2 is 1.71 bits per heavy atom. The van der Waals surface area contributed by atoms with Crippen LogP contribution >= 0.6 is 11.6 Å². The summed E-state index contributed by atoms with van der Waals surface area (Å²) in [7, 11) is -0.798. The number of carbonyl (C=O) groups is 1. The molecular formula is C23H23ClN2O4S. The molecule has 162 valence electrons. The molecule has 0 unspecified atom stereocenters. The number of methoxy groups -OCH3 is 1. The molecule has 3 aromatic carbocycles. The zero-order chi connectivity index (χ0) is 22.4. The van der Waals surface area contributed by atoms with Gasteiger partial charge in [-0.05, 0) is 48.0 Å². The van der Waals surface area contributed by atoms with Crippen molar-refractivity contribution in [3.63, 3.8) is 0 Å². The van der Waals surface area contributed by atoms with Gasteiger partial charge in [-0.25, -0.2) is 8.42 Å². The summed E-state index contributed by atoms with van der Waals surface area (Å²) in [4.78, 5) is 13.0. The lowest BCUT2D eigenvalue weighted by atomic mass is 10.0. The monoisotopic (exact) mass is 458 g/mol. The van der Waals surface area contributed by atoms with Gasteiger partial charge in [0.05, 0.1) is 18.0 Å². The molecule has 0 saturated heterocycles. The van der Waals surface area contributed by atoms with Crippen LogP contribution in [0.3, 0.4) is 0 Å². The van der Waals surface area contributed by atoms with Gasteiger partial charge in [-0.2, -0.15) is 4.31 Å². The number of hydrogen-bond acceptors (Lipinski definition) is 4. The van der Waals surface area contributed by atoms with E-state index in [-0.39, 0.29) is 17.2 Å². The molecule has 3 aromatic rings. The van der Waals surface area contributed by atoms with Crippen LogP contribution in [0, 0.1) is 0 Å². The van der Waals surface area contributed by atoms with Crippen LogP contribution in [0.4, 0.5) is 5.69 Å². The molecule has 1 N–H and O–H groups in total. The normalized spacial score (nSPS) is 12.4. The van der Waals surface area contributed by atoms with E-state index in [4.69, 9.17) is 16.3 Å². The van der Waals surface area contributed by atoms with Gasteiger partial charge in [0.15, 0.2) is 0 Å². The fourth-order valence-electron chi connectivity index (χ4n) is 3.16. The van der Waals surface area contributed by atoms with Crippen LogP contribution in [0.1, 0.15) is 18.0 Å². The van der Waals surface area contributed by atoms with Crippen molar-refractivity contribution in [2.24, 2.45) is 0 Å². The molecule has 31 heavy (non-hydrogen) atoms. The summed E-state index contributed by atoms with van der Waals surface area (Å²) in [5.41, 5.74) is 1.21. The van der Waals surface area contributed by atoms with Crippen molar-refractivity contribution >= 4 is 33.2 Å². The van der Waals surface area contributed by atoms with Gasteiger partial charge in [0.25, 0.3) is 0 Å². The quantitative estimate of drug-likeness (QED) is 0.529. The van der Waals surface area contributed by atoms with Crippen LogP contribution in [0.15, 0.2) is 83.8 Å².